The standard InChI is InChI=1S/C19H28N4O7/c1-3-4-5-6-17(26)20-8-7-15(19(28)30-14(11-24)12-25)22-18(27)16-10-23(29)13(2)9-21-16/h4-5,9-10,14-15,24-25H,3,6-8,11-12H2,1-2H3,(H,20,26)(H,22,27)/b5-4-. The van der Waals surface area contributed by atoms with Crippen molar-refractivity contribution >= 4 is 17.8 Å². The van der Waals surface area contributed by atoms with Gasteiger partial charge in [0.1, 0.15) is 12.1 Å². The van der Waals surface area contributed by atoms with Crippen molar-refractivity contribution < 1.29 is 34.1 Å². The lowest BCUT2D eigenvalue weighted by Gasteiger charge is -2.20. The summed E-state index contributed by atoms with van der Waals surface area (Å²) >= 11 is 0. The van der Waals surface area contributed by atoms with E-state index in [1.807, 2.05) is 13.0 Å². The molecule has 166 valence electrons. The minimum absolute atomic E-state index is 0.0133. The minimum atomic E-state index is -1.20. The lowest BCUT2D eigenvalue weighted by atomic mass is 10.2. The van der Waals surface area contributed by atoms with E-state index in [4.69, 9.17) is 14.9 Å². The van der Waals surface area contributed by atoms with E-state index < -0.39 is 37.2 Å². The van der Waals surface area contributed by atoms with Gasteiger partial charge < -0.3 is 30.8 Å². The van der Waals surface area contributed by atoms with Crippen LogP contribution in [0.4, 0.5) is 0 Å². The van der Waals surface area contributed by atoms with Gasteiger partial charge in [0.05, 0.1) is 19.4 Å². The monoisotopic (exact) mass is 424 g/mol. The van der Waals surface area contributed by atoms with Crippen molar-refractivity contribution in [3.8, 4) is 0 Å². The van der Waals surface area contributed by atoms with E-state index in [1.165, 1.54) is 13.1 Å². The van der Waals surface area contributed by atoms with Gasteiger partial charge in [0.25, 0.3) is 5.91 Å². The highest BCUT2D eigenvalue weighted by molar-refractivity contribution is 5.94. The number of aliphatic hydroxyl groups excluding tert-OH is 2. The van der Waals surface area contributed by atoms with Crippen molar-refractivity contribution in [3.05, 3.63) is 41.1 Å². The maximum Gasteiger partial charge on any atom is 0.329 e. The lowest BCUT2D eigenvalue weighted by Crippen LogP contribution is -2.46. The van der Waals surface area contributed by atoms with Gasteiger partial charge in [0, 0.05) is 19.9 Å². The first-order chi connectivity index (χ1) is 14.3. The number of aliphatic hydroxyl groups is 2. The van der Waals surface area contributed by atoms with E-state index >= 15 is 0 Å². The van der Waals surface area contributed by atoms with Crippen molar-refractivity contribution in [1.29, 1.82) is 0 Å². The molecule has 0 aliphatic carbocycles. The van der Waals surface area contributed by atoms with Crippen molar-refractivity contribution in [3.63, 3.8) is 0 Å². The molecule has 0 spiro atoms. The lowest BCUT2D eigenvalue weighted by molar-refractivity contribution is -0.613. The summed E-state index contributed by atoms with van der Waals surface area (Å²) in [5.41, 5.74) is 0.0825. The molecule has 1 rings (SSSR count). The number of carbonyl (C=O) groups excluding carboxylic acids is 3. The molecule has 30 heavy (non-hydrogen) atoms. The number of nitrogens with one attached hydrogen (secondary N) is 2. The fraction of sp³-hybridized carbons (Fsp3) is 0.526. The minimum Gasteiger partial charge on any atom is -0.618 e. The number of aromatic nitrogens is 2. The SMILES string of the molecule is CC/C=C\CC(=O)NCCC(NC(=O)c1c[n+]([O-])c(C)cn1)C(=O)OC(CO)CO. The molecule has 0 saturated heterocycles. The van der Waals surface area contributed by atoms with Crippen LogP contribution in [0.3, 0.4) is 0 Å². The molecule has 1 aromatic heterocycles. The predicted octanol–water partition coefficient (Wildman–Crippen LogP) is -1.12. The first kappa shape index (κ1) is 25.0. The third kappa shape index (κ3) is 8.53. The highest BCUT2D eigenvalue weighted by atomic mass is 16.6. The Labute approximate surface area is 174 Å². The summed E-state index contributed by atoms with van der Waals surface area (Å²) in [6, 6.07) is -1.20. The second kappa shape index (κ2) is 13.2. The molecule has 0 radical (unpaired) electrons. The third-order valence-electron chi connectivity index (χ3n) is 3.95. The summed E-state index contributed by atoms with van der Waals surface area (Å²) in [6.45, 7) is 2.32. The second-order valence-electron chi connectivity index (χ2n) is 6.41. The normalized spacial score (nSPS) is 12.0. The molecule has 11 nitrogen and oxygen atoms in total. The van der Waals surface area contributed by atoms with Crippen molar-refractivity contribution in [2.75, 3.05) is 19.8 Å². The van der Waals surface area contributed by atoms with E-state index in [9.17, 15) is 19.6 Å². The highest BCUT2D eigenvalue weighted by Crippen LogP contribution is 2.02. The number of hydrogen-bond acceptors (Lipinski definition) is 8. The van der Waals surface area contributed by atoms with Gasteiger partial charge in [-0.1, -0.05) is 19.1 Å². The van der Waals surface area contributed by atoms with Gasteiger partial charge >= 0.3 is 5.97 Å². The van der Waals surface area contributed by atoms with Crippen LogP contribution in [0.1, 0.15) is 42.4 Å². The molecule has 0 saturated carbocycles. The molecule has 2 amide bonds. The Morgan fingerprint density at radius 2 is 2.00 bits per heavy atom. The quantitative estimate of drug-likeness (QED) is 0.142. The van der Waals surface area contributed by atoms with E-state index in [2.05, 4.69) is 15.6 Å². The smallest absolute Gasteiger partial charge is 0.329 e. The Morgan fingerprint density at radius 3 is 2.60 bits per heavy atom. The third-order valence-corrected chi connectivity index (χ3v) is 3.95. The van der Waals surface area contributed by atoms with E-state index in [0.717, 1.165) is 12.6 Å². The Balaban J connectivity index is 2.79. The molecule has 1 atom stereocenters. The number of rotatable bonds is 12. The van der Waals surface area contributed by atoms with Gasteiger partial charge in [-0.05, 0) is 12.8 Å². The average Bonchev–Trinajstić information content (AvgIpc) is 2.73. The van der Waals surface area contributed by atoms with Crippen LogP contribution in [0, 0.1) is 12.1 Å². The molecular formula is C19H28N4O7. The molecule has 4 N–H and O–H groups in total. The van der Waals surface area contributed by atoms with Crippen molar-refractivity contribution in [2.45, 2.75) is 45.3 Å². The Bertz CT molecular complexity index is 750. The second-order valence-corrected chi connectivity index (χ2v) is 6.41. The topological polar surface area (TPSA) is 165 Å². The van der Waals surface area contributed by atoms with Crippen LogP contribution in [0.25, 0.3) is 0 Å². The van der Waals surface area contributed by atoms with Crippen LogP contribution in [-0.4, -0.2) is 64.9 Å². The number of ether oxygens (including phenoxy) is 1. The van der Waals surface area contributed by atoms with E-state index in [1.54, 1.807) is 6.08 Å². The molecule has 1 aromatic rings. The first-order valence-electron chi connectivity index (χ1n) is 9.52. The fourth-order valence-electron chi connectivity index (χ4n) is 2.23. The summed E-state index contributed by atoms with van der Waals surface area (Å²) in [6.07, 6.45) is 5.58. The zero-order valence-electron chi connectivity index (χ0n) is 17.0. The Hall–Kier alpha value is -3.05. The predicted molar refractivity (Wildman–Crippen MR) is 105 cm³/mol. The molecule has 1 heterocycles. The number of hydrogen-bond donors (Lipinski definition) is 4. The number of allylic oxidation sites excluding steroid dienone is 1. The van der Waals surface area contributed by atoms with Gasteiger partial charge in [0.15, 0.2) is 5.69 Å². The Kier molecular flexibility index (Phi) is 11.0. The molecule has 0 fully saturated rings. The zero-order chi connectivity index (χ0) is 22.5. The molecule has 0 aromatic carbocycles. The number of nitrogens with zero attached hydrogens (tertiary/aromatic N) is 2. The van der Waals surface area contributed by atoms with Gasteiger partial charge in [0.2, 0.25) is 17.8 Å². The van der Waals surface area contributed by atoms with Gasteiger partial charge in [-0.2, -0.15) is 4.73 Å². The van der Waals surface area contributed by atoms with Gasteiger partial charge in [-0.15, -0.1) is 0 Å². The van der Waals surface area contributed by atoms with E-state index in [-0.39, 0.29) is 36.7 Å². The summed E-state index contributed by atoms with van der Waals surface area (Å²) < 4.78 is 5.43. The number of esters is 1. The number of amides is 2. The maximum atomic E-state index is 12.4. The molecule has 0 bridgehead atoms. The summed E-state index contributed by atoms with van der Waals surface area (Å²) in [4.78, 5) is 40.4. The van der Waals surface area contributed by atoms with Crippen LogP contribution >= 0.6 is 0 Å². The summed E-state index contributed by atoms with van der Waals surface area (Å²) in [7, 11) is 0. The van der Waals surface area contributed by atoms with Crippen LogP contribution < -0.4 is 15.4 Å². The molecule has 11 heteroatoms. The van der Waals surface area contributed by atoms with Crippen LogP contribution in [0.2, 0.25) is 0 Å². The number of aryl methyl sites for hydroxylation is 1. The number of carbonyl (C=O) groups is 3. The van der Waals surface area contributed by atoms with Gasteiger partial charge in [-0.25, -0.2) is 9.78 Å². The van der Waals surface area contributed by atoms with Crippen molar-refractivity contribution in [2.24, 2.45) is 0 Å². The van der Waals surface area contributed by atoms with Crippen LogP contribution in [0.15, 0.2) is 24.5 Å². The highest BCUT2D eigenvalue weighted by Gasteiger charge is 2.26. The molecule has 1 unspecified atom stereocenters. The zero-order valence-corrected chi connectivity index (χ0v) is 17.0. The largest absolute Gasteiger partial charge is 0.618 e. The summed E-state index contributed by atoms with van der Waals surface area (Å²) in [5, 5.41) is 34.8. The summed E-state index contributed by atoms with van der Waals surface area (Å²) in [5.74, 6) is -1.95. The van der Waals surface area contributed by atoms with Gasteiger partial charge in [-0.3, -0.25) is 9.59 Å². The molecular weight excluding hydrogens is 396 g/mol. The van der Waals surface area contributed by atoms with Crippen LogP contribution in [0.5, 0.6) is 0 Å². The van der Waals surface area contributed by atoms with Crippen molar-refractivity contribution in [1.82, 2.24) is 15.6 Å². The first-order valence-corrected chi connectivity index (χ1v) is 9.52. The fourth-order valence-corrected chi connectivity index (χ4v) is 2.23. The van der Waals surface area contributed by atoms with Crippen LogP contribution in [-0.2, 0) is 14.3 Å². The Morgan fingerprint density at radius 1 is 1.30 bits per heavy atom. The average molecular weight is 424 g/mol. The molecule has 0 aliphatic rings. The maximum absolute atomic E-state index is 12.4. The van der Waals surface area contributed by atoms with E-state index in [0.29, 0.717) is 4.73 Å². The molecule has 0 aliphatic heterocycles.